The van der Waals surface area contributed by atoms with Crippen molar-refractivity contribution in [1.82, 2.24) is 14.8 Å². The summed E-state index contributed by atoms with van der Waals surface area (Å²) in [5, 5.41) is 7.24. The van der Waals surface area contributed by atoms with Crippen molar-refractivity contribution in [2.24, 2.45) is 0 Å². The molecule has 0 bridgehead atoms. The van der Waals surface area contributed by atoms with E-state index in [1.165, 1.54) is 0 Å². The van der Waals surface area contributed by atoms with Gasteiger partial charge in [-0.3, -0.25) is 4.98 Å². The maximum Gasteiger partial charge on any atom is 0.0849 e. The van der Waals surface area contributed by atoms with Gasteiger partial charge in [0.2, 0.25) is 0 Å². The highest BCUT2D eigenvalue weighted by Crippen LogP contribution is 2.12. The Morgan fingerprint density at radius 2 is 2.21 bits per heavy atom. The number of hydrogen-bond donors (Lipinski definition) is 1. The van der Waals surface area contributed by atoms with Crippen molar-refractivity contribution >= 4 is 28.3 Å². The number of hydrogen-bond acceptors (Lipinski definition) is 3. The van der Waals surface area contributed by atoms with Crippen molar-refractivity contribution in [3.8, 4) is 5.69 Å². The van der Waals surface area contributed by atoms with Crippen LogP contribution in [0.2, 0.25) is 0 Å². The molecule has 0 saturated carbocycles. The zero-order valence-corrected chi connectivity index (χ0v) is 9.76. The third-order valence-corrected chi connectivity index (χ3v) is 2.39. The molecule has 2 aromatic heterocycles. The molecule has 0 spiro atoms. The van der Waals surface area contributed by atoms with Crippen LogP contribution in [0.3, 0.4) is 0 Å². The van der Waals surface area contributed by atoms with E-state index in [-0.39, 0.29) is 0 Å². The summed E-state index contributed by atoms with van der Waals surface area (Å²) in [6.45, 7) is 0. The van der Waals surface area contributed by atoms with Gasteiger partial charge in [0.1, 0.15) is 0 Å². The number of aromatic nitrogens is 3. The molecule has 1 N–H and O–H groups in total. The molecule has 0 saturated heterocycles. The monoisotopic (exact) mass is 300 g/mol. The van der Waals surface area contributed by atoms with Gasteiger partial charge in [-0.15, -0.1) is 0 Å². The summed E-state index contributed by atoms with van der Waals surface area (Å²) in [5.74, 6) is 0. The fourth-order valence-electron chi connectivity index (χ4n) is 1.13. The minimum absolute atomic E-state index is 0.958. The third kappa shape index (κ3) is 1.87. The van der Waals surface area contributed by atoms with Crippen LogP contribution in [0.25, 0.3) is 5.69 Å². The average Bonchev–Trinajstić information content (AvgIpc) is 2.65. The van der Waals surface area contributed by atoms with Gasteiger partial charge in [-0.2, -0.15) is 5.10 Å². The lowest BCUT2D eigenvalue weighted by Gasteiger charge is -2.03. The number of nitrogens with zero attached hydrogens (tertiary/aromatic N) is 3. The van der Waals surface area contributed by atoms with Crippen LogP contribution in [0, 0.1) is 3.57 Å². The molecule has 0 atom stereocenters. The zero-order valence-electron chi connectivity index (χ0n) is 7.61. The van der Waals surface area contributed by atoms with Crippen molar-refractivity contribution in [2.45, 2.75) is 0 Å². The van der Waals surface area contributed by atoms with Crippen LogP contribution < -0.4 is 5.32 Å². The van der Waals surface area contributed by atoms with Crippen LogP contribution in [0.15, 0.2) is 30.9 Å². The van der Waals surface area contributed by atoms with Gasteiger partial charge in [0.15, 0.2) is 0 Å². The summed E-state index contributed by atoms with van der Waals surface area (Å²) in [4.78, 5) is 4.12. The summed E-state index contributed by atoms with van der Waals surface area (Å²) in [6, 6.07) is 2.00. The summed E-state index contributed by atoms with van der Waals surface area (Å²) in [5.41, 5.74) is 1.94. The third-order valence-electron chi connectivity index (χ3n) is 1.83. The van der Waals surface area contributed by atoms with Gasteiger partial charge in [0, 0.05) is 13.2 Å². The molecule has 5 heteroatoms. The molecular formula is C9H9IN4. The first-order valence-electron chi connectivity index (χ1n) is 4.13. The Hall–Kier alpha value is -1.11. The molecule has 0 amide bonds. The van der Waals surface area contributed by atoms with Crippen LogP contribution >= 0.6 is 22.6 Å². The Morgan fingerprint density at radius 3 is 2.86 bits per heavy atom. The van der Waals surface area contributed by atoms with E-state index in [0.717, 1.165) is 14.9 Å². The predicted octanol–water partition coefficient (Wildman–Crippen LogP) is 1.91. The molecule has 2 aromatic rings. The minimum atomic E-state index is 0.958. The fraction of sp³-hybridized carbons (Fsp3) is 0.111. The Bertz CT molecular complexity index is 438. The zero-order chi connectivity index (χ0) is 9.97. The van der Waals surface area contributed by atoms with Gasteiger partial charge in [0.25, 0.3) is 0 Å². The highest BCUT2D eigenvalue weighted by Gasteiger charge is 1.99. The lowest BCUT2D eigenvalue weighted by atomic mass is 10.4. The Kier molecular flexibility index (Phi) is 2.67. The van der Waals surface area contributed by atoms with Crippen LogP contribution in [0.4, 0.5) is 5.69 Å². The van der Waals surface area contributed by atoms with E-state index in [9.17, 15) is 0 Å². The maximum absolute atomic E-state index is 4.20. The molecule has 0 aliphatic heterocycles. The average molecular weight is 300 g/mol. The Morgan fingerprint density at radius 1 is 1.36 bits per heavy atom. The molecule has 0 fully saturated rings. The lowest BCUT2D eigenvalue weighted by molar-refractivity contribution is 0.874. The molecule has 14 heavy (non-hydrogen) atoms. The van der Waals surface area contributed by atoms with Crippen molar-refractivity contribution < 1.29 is 0 Å². The summed E-state index contributed by atoms with van der Waals surface area (Å²) >= 11 is 2.23. The van der Waals surface area contributed by atoms with Crippen molar-refractivity contribution in [3.63, 3.8) is 0 Å². The van der Waals surface area contributed by atoms with E-state index in [1.54, 1.807) is 17.1 Å². The van der Waals surface area contributed by atoms with Gasteiger partial charge in [-0.05, 0) is 28.7 Å². The lowest BCUT2D eigenvalue weighted by Crippen LogP contribution is -1.97. The van der Waals surface area contributed by atoms with Crippen LogP contribution in [0.1, 0.15) is 0 Å². The Labute approximate surface area is 95.5 Å². The van der Waals surface area contributed by atoms with E-state index in [4.69, 9.17) is 0 Å². The van der Waals surface area contributed by atoms with Gasteiger partial charge in [-0.1, -0.05) is 0 Å². The molecule has 0 unspecified atom stereocenters. The highest BCUT2D eigenvalue weighted by atomic mass is 127. The maximum atomic E-state index is 4.20. The topological polar surface area (TPSA) is 42.7 Å². The number of pyridine rings is 1. The van der Waals surface area contributed by atoms with Gasteiger partial charge >= 0.3 is 0 Å². The van der Waals surface area contributed by atoms with E-state index in [2.05, 4.69) is 38.0 Å². The number of nitrogens with one attached hydrogen (secondary N) is 1. The van der Waals surface area contributed by atoms with Crippen molar-refractivity contribution in [2.75, 3.05) is 12.4 Å². The number of anilines is 1. The van der Waals surface area contributed by atoms with Gasteiger partial charge < -0.3 is 5.32 Å². The summed E-state index contributed by atoms with van der Waals surface area (Å²) in [7, 11) is 1.87. The van der Waals surface area contributed by atoms with E-state index in [1.807, 2.05) is 25.5 Å². The van der Waals surface area contributed by atoms with E-state index in [0.29, 0.717) is 0 Å². The molecule has 72 valence electrons. The first-order valence-corrected chi connectivity index (χ1v) is 5.21. The second-order valence-electron chi connectivity index (χ2n) is 2.78. The van der Waals surface area contributed by atoms with E-state index >= 15 is 0 Å². The normalized spacial score (nSPS) is 10.1. The molecule has 0 aromatic carbocycles. The SMILES string of the molecule is CNc1cncc(-n2cc(I)cn2)c1. The van der Waals surface area contributed by atoms with Crippen molar-refractivity contribution in [3.05, 3.63) is 34.4 Å². The molecule has 0 radical (unpaired) electrons. The highest BCUT2D eigenvalue weighted by molar-refractivity contribution is 14.1. The van der Waals surface area contributed by atoms with Gasteiger partial charge in [0.05, 0.1) is 33.5 Å². The molecule has 2 heterocycles. The second-order valence-corrected chi connectivity index (χ2v) is 4.03. The summed E-state index contributed by atoms with van der Waals surface area (Å²) in [6.07, 6.45) is 7.32. The predicted molar refractivity (Wildman–Crippen MR) is 63.6 cm³/mol. The quantitative estimate of drug-likeness (QED) is 0.862. The van der Waals surface area contributed by atoms with E-state index < -0.39 is 0 Å². The van der Waals surface area contributed by atoms with Crippen LogP contribution in [-0.2, 0) is 0 Å². The first-order chi connectivity index (χ1) is 6.79. The van der Waals surface area contributed by atoms with Crippen LogP contribution in [-0.4, -0.2) is 21.8 Å². The van der Waals surface area contributed by atoms with Crippen LogP contribution in [0.5, 0.6) is 0 Å². The molecule has 0 aliphatic rings. The fourth-order valence-corrected chi connectivity index (χ4v) is 1.52. The number of halogens is 1. The minimum Gasteiger partial charge on any atom is -0.387 e. The first kappa shape index (κ1) is 9.45. The standard InChI is InChI=1S/C9H9IN4/c1-11-8-2-9(5-12-4-8)14-6-7(10)3-13-14/h2-6,11H,1H3. The molecule has 2 rings (SSSR count). The molecular weight excluding hydrogens is 291 g/mol. The molecule has 0 aliphatic carbocycles. The number of rotatable bonds is 2. The smallest absolute Gasteiger partial charge is 0.0849 e. The molecule has 4 nitrogen and oxygen atoms in total. The summed E-state index contributed by atoms with van der Waals surface area (Å²) < 4.78 is 2.91. The second kappa shape index (κ2) is 3.95. The van der Waals surface area contributed by atoms with Gasteiger partial charge in [-0.25, -0.2) is 4.68 Å². The van der Waals surface area contributed by atoms with Crippen molar-refractivity contribution in [1.29, 1.82) is 0 Å². The Balaban J connectivity index is 2.41. The largest absolute Gasteiger partial charge is 0.387 e.